The van der Waals surface area contributed by atoms with Gasteiger partial charge in [0.05, 0.1) is 0 Å². The molecule has 2 N–H and O–H groups in total. The van der Waals surface area contributed by atoms with Crippen molar-refractivity contribution >= 4 is 11.9 Å². The number of carbonyl (C=O) groups is 2. The first kappa shape index (κ1) is 26.9. The molecule has 0 spiro atoms. The highest BCUT2D eigenvalue weighted by Crippen LogP contribution is 2.35. The van der Waals surface area contributed by atoms with Crippen LogP contribution in [0.25, 0.3) is 0 Å². The molecule has 1 rings (SSSR count). The van der Waals surface area contributed by atoms with Crippen molar-refractivity contribution < 1.29 is 29.3 Å². The van der Waals surface area contributed by atoms with Crippen molar-refractivity contribution in [1.82, 2.24) is 0 Å². The fourth-order valence-electron chi connectivity index (χ4n) is 4.21. The van der Waals surface area contributed by atoms with Crippen LogP contribution in [0, 0.1) is 35.5 Å². The summed E-state index contributed by atoms with van der Waals surface area (Å²) < 4.78 is 11.1. The average molecular weight is 429 g/mol. The molecule has 1 fully saturated rings. The van der Waals surface area contributed by atoms with Gasteiger partial charge in [0, 0.05) is 0 Å². The second kappa shape index (κ2) is 12.0. The van der Waals surface area contributed by atoms with Crippen LogP contribution in [-0.2, 0) is 19.1 Å². The molecule has 6 heteroatoms. The predicted molar refractivity (Wildman–Crippen MR) is 117 cm³/mol. The molecule has 7 atom stereocenters. The minimum atomic E-state index is -1.95. The van der Waals surface area contributed by atoms with Gasteiger partial charge in [-0.05, 0) is 54.8 Å². The van der Waals surface area contributed by atoms with Crippen LogP contribution in [0.5, 0.6) is 0 Å². The Morgan fingerprint density at radius 3 is 2.00 bits per heavy atom. The highest BCUT2D eigenvalue weighted by atomic mass is 16.6. The number of esters is 2. The van der Waals surface area contributed by atoms with Crippen LogP contribution in [0.3, 0.4) is 0 Å². The Hall–Kier alpha value is -1.14. The topological polar surface area (TPSA) is 93.1 Å². The van der Waals surface area contributed by atoms with Crippen LogP contribution in [0.1, 0.15) is 81.1 Å². The van der Waals surface area contributed by atoms with Gasteiger partial charge < -0.3 is 19.7 Å². The summed E-state index contributed by atoms with van der Waals surface area (Å²) in [6.45, 7) is 16.5. The molecule has 6 nitrogen and oxygen atoms in total. The number of ether oxygens (including phenoxy) is 2. The van der Waals surface area contributed by atoms with Gasteiger partial charge in [-0.3, -0.25) is 0 Å². The van der Waals surface area contributed by atoms with Crippen molar-refractivity contribution in [2.75, 3.05) is 0 Å². The third-order valence-corrected chi connectivity index (χ3v) is 6.62. The molecule has 5 unspecified atom stereocenters. The molecule has 0 aromatic carbocycles. The second-order valence-corrected chi connectivity index (χ2v) is 10.4. The molecule has 1 aliphatic rings. The van der Waals surface area contributed by atoms with Gasteiger partial charge in [0.2, 0.25) is 0 Å². The molecule has 1 saturated carbocycles. The first-order valence-electron chi connectivity index (χ1n) is 11.6. The van der Waals surface area contributed by atoms with Gasteiger partial charge in [-0.15, -0.1) is 0 Å². The minimum Gasteiger partial charge on any atom is -0.460 e. The van der Waals surface area contributed by atoms with Gasteiger partial charge in [-0.2, -0.15) is 0 Å². The zero-order valence-corrected chi connectivity index (χ0v) is 20.1. The average Bonchev–Trinajstić information content (AvgIpc) is 2.64. The number of hydrogen-bond acceptors (Lipinski definition) is 6. The van der Waals surface area contributed by atoms with E-state index in [1.807, 2.05) is 34.6 Å². The molecular weight excluding hydrogens is 384 g/mol. The van der Waals surface area contributed by atoms with Gasteiger partial charge in [0.25, 0.3) is 0 Å². The van der Waals surface area contributed by atoms with Gasteiger partial charge in [0.15, 0.2) is 12.2 Å². The predicted octanol–water partition coefficient (Wildman–Crippen LogP) is 3.96. The standard InChI is InChI=1S/C24H44O6/c1-13(2)11-19(17(8)14(3)4)29-23(27)21(25)22(26)24(28)30-20-12-16(7)9-10-18(20)15(5)6/h13-22,25-26H,9-12H2,1-8H3/t16?,17?,18?,19?,20?,21-,22-/m1/s1. The number of hydrogen-bond donors (Lipinski definition) is 2. The Balaban J connectivity index is 2.76. The van der Waals surface area contributed by atoms with Crippen molar-refractivity contribution in [3.05, 3.63) is 0 Å². The molecule has 0 heterocycles. The number of carbonyl (C=O) groups excluding carboxylic acids is 2. The fourth-order valence-corrected chi connectivity index (χ4v) is 4.21. The van der Waals surface area contributed by atoms with E-state index in [1.165, 1.54) is 0 Å². The van der Waals surface area contributed by atoms with Crippen molar-refractivity contribution in [2.24, 2.45) is 35.5 Å². The molecule has 0 bridgehead atoms. The third-order valence-electron chi connectivity index (χ3n) is 6.62. The van der Waals surface area contributed by atoms with Gasteiger partial charge >= 0.3 is 11.9 Å². The minimum absolute atomic E-state index is 0.0863. The summed E-state index contributed by atoms with van der Waals surface area (Å²) in [5, 5.41) is 20.6. The zero-order valence-electron chi connectivity index (χ0n) is 20.1. The van der Waals surface area contributed by atoms with Crippen molar-refractivity contribution in [3.63, 3.8) is 0 Å². The molecule has 0 radical (unpaired) electrons. The summed E-state index contributed by atoms with van der Waals surface area (Å²) >= 11 is 0. The van der Waals surface area contributed by atoms with E-state index in [-0.39, 0.29) is 30.0 Å². The van der Waals surface area contributed by atoms with E-state index in [9.17, 15) is 19.8 Å². The smallest absolute Gasteiger partial charge is 0.338 e. The molecular formula is C24H44O6. The summed E-state index contributed by atoms with van der Waals surface area (Å²) in [4.78, 5) is 25.0. The maximum absolute atomic E-state index is 12.5. The van der Waals surface area contributed by atoms with E-state index in [0.717, 1.165) is 19.3 Å². The Bertz CT molecular complexity index is 522. The maximum atomic E-state index is 12.5. The van der Waals surface area contributed by atoms with E-state index < -0.39 is 24.1 Å². The van der Waals surface area contributed by atoms with Crippen molar-refractivity contribution in [3.8, 4) is 0 Å². The Morgan fingerprint density at radius 2 is 1.50 bits per heavy atom. The monoisotopic (exact) mass is 428 g/mol. The number of aliphatic hydroxyl groups is 2. The fraction of sp³-hybridized carbons (Fsp3) is 0.917. The molecule has 0 amide bonds. The largest absolute Gasteiger partial charge is 0.460 e. The Morgan fingerprint density at radius 1 is 0.933 bits per heavy atom. The quantitative estimate of drug-likeness (QED) is 0.512. The van der Waals surface area contributed by atoms with Crippen LogP contribution in [-0.4, -0.2) is 46.6 Å². The zero-order chi connectivity index (χ0) is 23.2. The summed E-state index contributed by atoms with van der Waals surface area (Å²) in [6.07, 6.45) is -1.19. The van der Waals surface area contributed by atoms with Gasteiger partial charge in [-0.25, -0.2) is 9.59 Å². The SMILES string of the molecule is CC(C)CC(OC(=O)[C@H](O)[C@@H](O)C(=O)OC1CC(C)CCC1C(C)C)C(C)C(C)C. The summed E-state index contributed by atoms with van der Waals surface area (Å²) in [5.74, 6) is -0.272. The molecule has 0 aromatic heterocycles. The van der Waals surface area contributed by atoms with Crippen LogP contribution < -0.4 is 0 Å². The third kappa shape index (κ3) is 7.84. The second-order valence-electron chi connectivity index (χ2n) is 10.4. The highest BCUT2D eigenvalue weighted by molar-refractivity contribution is 5.85. The van der Waals surface area contributed by atoms with Crippen molar-refractivity contribution in [2.45, 2.75) is 105 Å². The highest BCUT2D eigenvalue weighted by Gasteiger charge is 2.39. The van der Waals surface area contributed by atoms with Crippen LogP contribution >= 0.6 is 0 Å². The Labute approximate surface area is 182 Å². The molecule has 176 valence electrons. The van der Waals surface area contributed by atoms with Crippen LogP contribution in [0.15, 0.2) is 0 Å². The van der Waals surface area contributed by atoms with Gasteiger partial charge in [0.1, 0.15) is 12.2 Å². The van der Waals surface area contributed by atoms with E-state index in [0.29, 0.717) is 24.2 Å². The molecule has 30 heavy (non-hydrogen) atoms. The van der Waals surface area contributed by atoms with Crippen LogP contribution in [0.2, 0.25) is 0 Å². The summed E-state index contributed by atoms with van der Waals surface area (Å²) in [7, 11) is 0. The first-order chi connectivity index (χ1) is 13.8. The van der Waals surface area contributed by atoms with E-state index >= 15 is 0 Å². The number of aliphatic hydroxyl groups excluding tert-OH is 2. The lowest BCUT2D eigenvalue weighted by Crippen LogP contribution is -2.46. The maximum Gasteiger partial charge on any atom is 0.338 e. The Kier molecular flexibility index (Phi) is 10.8. The van der Waals surface area contributed by atoms with E-state index in [1.54, 1.807) is 0 Å². The lowest BCUT2D eigenvalue weighted by molar-refractivity contribution is -0.184. The normalized spacial score (nSPS) is 26.4. The number of rotatable bonds is 10. The summed E-state index contributed by atoms with van der Waals surface area (Å²) in [5.41, 5.74) is 0. The van der Waals surface area contributed by atoms with Crippen molar-refractivity contribution in [1.29, 1.82) is 0 Å². The molecule has 0 saturated heterocycles. The van der Waals surface area contributed by atoms with E-state index in [4.69, 9.17) is 9.47 Å². The molecule has 0 aliphatic heterocycles. The lowest BCUT2D eigenvalue weighted by atomic mass is 9.75. The lowest BCUT2D eigenvalue weighted by Gasteiger charge is -2.37. The molecule has 1 aliphatic carbocycles. The molecule has 0 aromatic rings. The van der Waals surface area contributed by atoms with Crippen LogP contribution in [0.4, 0.5) is 0 Å². The van der Waals surface area contributed by atoms with Gasteiger partial charge in [-0.1, -0.05) is 61.8 Å². The summed E-state index contributed by atoms with van der Waals surface area (Å²) in [6, 6.07) is 0. The van der Waals surface area contributed by atoms with E-state index in [2.05, 4.69) is 20.8 Å². The first-order valence-corrected chi connectivity index (χ1v) is 11.6.